The molecule has 2 heterocycles. The van der Waals surface area contributed by atoms with Gasteiger partial charge in [-0.25, -0.2) is 0 Å². The normalized spacial score (nSPS) is 13.9. The maximum atomic E-state index is 12.4. The first-order valence-corrected chi connectivity index (χ1v) is 6.61. The van der Waals surface area contributed by atoms with Crippen LogP contribution in [0.5, 0.6) is 0 Å². The van der Waals surface area contributed by atoms with Gasteiger partial charge in [0.2, 0.25) is 0 Å². The molecule has 1 aliphatic rings. The first-order chi connectivity index (χ1) is 9.72. The van der Waals surface area contributed by atoms with Gasteiger partial charge in [0.15, 0.2) is 5.82 Å². The Balaban J connectivity index is 2.17. The van der Waals surface area contributed by atoms with E-state index in [0.29, 0.717) is 24.9 Å². The molecule has 0 fully saturated rings. The lowest BCUT2D eigenvalue weighted by molar-refractivity contribution is 0.0786. The quantitative estimate of drug-likeness (QED) is 0.896. The van der Waals surface area contributed by atoms with Crippen LogP contribution in [0.3, 0.4) is 0 Å². The summed E-state index contributed by atoms with van der Waals surface area (Å²) in [7, 11) is 1.76. The summed E-state index contributed by atoms with van der Waals surface area (Å²) in [5.41, 5.74) is 1.47. The largest absolute Gasteiger partial charge is 0.396 e. The van der Waals surface area contributed by atoms with Gasteiger partial charge in [0.05, 0.1) is 17.8 Å². The Kier molecular flexibility index (Phi) is 3.23. The molecule has 104 valence electrons. The Hall–Kier alpha value is -2.21. The number of carbonyl (C=O) groups is 1. The molecule has 0 unspecified atom stereocenters. The van der Waals surface area contributed by atoms with E-state index in [9.17, 15) is 4.79 Å². The standard InChI is InChI=1S/C14H16N4O2/c1-17-9-13-16-15-12(7-4-8-19)18(13)11-6-3-2-5-10(11)14(17)20/h2-3,5-6,19H,4,7-9H2,1H3. The summed E-state index contributed by atoms with van der Waals surface area (Å²) in [5, 5.41) is 17.4. The highest BCUT2D eigenvalue weighted by Gasteiger charge is 2.26. The van der Waals surface area contributed by atoms with Crippen molar-refractivity contribution >= 4 is 5.91 Å². The number of aliphatic hydroxyl groups excluding tert-OH is 1. The molecular weight excluding hydrogens is 256 g/mol. The summed E-state index contributed by atoms with van der Waals surface area (Å²) >= 11 is 0. The van der Waals surface area contributed by atoms with Crippen molar-refractivity contribution in [2.45, 2.75) is 19.4 Å². The fourth-order valence-corrected chi connectivity index (χ4v) is 2.47. The minimum absolute atomic E-state index is 0.0146. The van der Waals surface area contributed by atoms with E-state index in [-0.39, 0.29) is 12.5 Å². The van der Waals surface area contributed by atoms with E-state index in [0.717, 1.165) is 17.3 Å². The number of rotatable bonds is 3. The zero-order valence-corrected chi connectivity index (χ0v) is 11.3. The molecule has 1 amide bonds. The van der Waals surface area contributed by atoms with Gasteiger partial charge in [0.1, 0.15) is 5.82 Å². The van der Waals surface area contributed by atoms with Gasteiger partial charge in [-0.1, -0.05) is 12.1 Å². The lowest BCUT2D eigenvalue weighted by atomic mass is 10.1. The number of hydrogen-bond donors (Lipinski definition) is 1. The van der Waals surface area contributed by atoms with Crippen LogP contribution in [-0.4, -0.2) is 44.3 Å². The fraction of sp³-hybridized carbons (Fsp3) is 0.357. The number of amides is 1. The minimum atomic E-state index is -0.0146. The molecule has 0 aliphatic carbocycles. The third kappa shape index (κ3) is 1.98. The monoisotopic (exact) mass is 272 g/mol. The third-order valence-electron chi connectivity index (χ3n) is 3.46. The van der Waals surface area contributed by atoms with Crippen molar-refractivity contribution in [3.63, 3.8) is 0 Å². The number of nitrogens with zero attached hydrogens (tertiary/aromatic N) is 4. The molecule has 6 nitrogen and oxygen atoms in total. The summed E-state index contributed by atoms with van der Waals surface area (Å²) in [6.45, 7) is 0.544. The number of fused-ring (bicyclic) bond motifs is 3. The maximum Gasteiger partial charge on any atom is 0.256 e. The Morgan fingerprint density at radius 3 is 2.90 bits per heavy atom. The van der Waals surface area contributed by atoms with Crippen LogP contribution < -0.4 is 0 Å². The van der Waals surface area contributed by atoms with Crippen molar-refractivity contribution in [1.29, 1.82) is 0 Å². The molecule has 0 saturated carbocycles. The van der Waals surface area contributed by atoms with Crippen LogP contribution in [-0.2, 0) is 13.0 Å². The molecule has 1 N–H and O–H groups in total. The molecule has 0 bridgehead atoms. The van der Waals surface area contributed by atoms with Gasteiger partial charge in [0, 0.05) is 20.1 Å². The van der Waals surface area contributed by atoms with Crippen LogP contribution in [0.25, 0.3) is 5.69 Å². The van der Waals surface area contributed by atoms with E-state index in [1.165, 1.54) is 0 Å². The highest BCUT2D eigenvalue weighted by Crippen LogP contribution is 2.24. The predicted octanol–water partition coefficient (Wildman–Crippen LogP) is 0.778. The molecule has 0 radical (unpaired) electrons. The fourth-order valence-electron chi connectivity index (χ4n) is 2.47. The molecule has 1 aromatic carbocycles. The van der Waals surface area contributed by atoms with Crippen molar-refractivity contribution in [3.8, 4) is 5.69 Å². The summed E-state index contributed by atoms with van der Waals surface area (Å²) in [6.07, 6.45) is 1.26. The van der Waals surface area contributed by atoms with E-state index >= 15 is 0 Å². The van der Waals surface area contributed by atoms with E-state index < -0.39 is 0 Å². The zero-order valence-electron chi connectivity index (χ0n) is 11.3. The molecule has 0 spiro atoms. The number of aromatic nitrogens is 3. The lowest BCUT2D eigenvalue weighted by Gasteiger charge is -2.12. The zero-order chi connectivity index (χ0) is 14.1. The van der Waals surface area contributed by atoms with E-state index in [1.54, 1.807) is 11.9 Å². The Morgan fingerprint density at radius 2 is 2.10 bits per heavy atom. The van der Waals surface area contributed by atoms with Gasteiger partial charge in [-0.15, -0.1) is 10.2 Å². The number of benzene rings is 1. The van der Waals surface area contributed by atoms with Gasteiger partial charge >= 0.3 is 0 Å². The van der Waals surface area contributed by atoms with Gasteiger partial charge < -0.3 is 10.0 Å². The smallest absolute Gasteiger partial charge is 0.256 e. The molecule has 0 atom stereocenters. The Morgan fingerprint density at radius 1 is 1.30 bits per heavy atom. The van der Waals surface area contributed by atoms with E-state index in [4.69, 9.17) is 5.11 Å². The molecule has 1 aliphatic heterocycles. The molecule has 2 aromatic rings. The van der Waals surface area contributed by atoms with Gasteiger partial charge in [0.25, 0.3) is 5.91 Å². The molecular formula is C14H16N4O2. The number of carbonyl (C=O) groups excluding carboxylic acids is 1. The van der Waals surface area contributed by atoms with Crippen molar-refractivity contribution in [3.05, 3.63) is 41.5 Å². The molecule has 1 aromatic heterocycles. The van der Waals surface area contributed by atoms with E-state index in [2.05, 4.69) is 10.2 Å². The van der Waals surface area contributed by atoms with Gasteiger partial charge in [-0.05, 0) is 18.6 Å². The minimum Gasteiger partial charge on any atom is -0.396 e. The Labute approximate surface area is 116 Å². The highest BCUT2D eigenvalue weighted by atomic mass is 16.3. The SMILES string of the molecule is CN1Cc2nnc(CCCO)n2-c2ccccc2C1=O. The van der Waals surface area contributed by atoms with Crippen molar-refractivity contribution in [1.82, 2.24) is 19.7 Å². The maximum absolute atomic E-state index is 12.4. The number of aliphatic hydroxyl groups is 1. The first kappa shape index (κ1) is 12.8. The van der Waals surface area contributed by atoms with E-state index in [1.807, 2.05) is 28.8 Å². The summed E-state index contributed by atoms with van der Waals surface area (Å²) in [5.74, 6) is 1.52. The second-order valence-electron chi connectivity index (χ2n) is 4.87. The number of para-hydroxylation sites is 1. The van der Waals surface area contributed by atoms with Crippen molar-refractivity contribution in [2.24, 2.45) is 0 Å². The first-order valence-electron chi connectivity index (χ1n) is 6.61. The van der Waals surface area contributed by atoms with Crippen LogP contribution in [0.1, 0.15) is 28.4 Å². The number of hydrogen-bond acceptors (Lipinski definition) is 4. The lowest BCUT2D eigenvalue weighted by Crippen LogP contribution is -2.25. The average Bonchev–Trinajstić information content (AvgIpc) is 2.82. The number of aryl methyl sites for hydroxylation is 1. The van der Waals surface area contributed by atoms with Crippen LogP contribution in [0, 0.1) is 0 Å². The van der Waals surface area contributed by atoms with Crippen LogP contribution >= 0.6 is 0 Å². The molecule has 3 rings (SSSR count). The van der Waals surface area contributed by atoms with Crippen LogP contribution in [0.2, 0.25) is 0 Å². The summed E-state index contributed by atoms with van der Waals surface area (Å²) < 4.78 is 1.94. The third-order valence-corrected chi connectivity index (χ3v) is 3.46. The summed E-state index contributed by atoms with van der Waals surface area (Å²) in [4.78, 5) is 14.0. The van der Waals surface area contributed by atoms with Gasteiger partial charge in [-0.3, -0.25) is 9.36 Å². The summed E-state index contributed by atoms with van der Waals surface area (Å²) in [6, 6.07) is 7.48. The van der Waals surface area contributed by atoms with Crippen LogP contribution in [0.4, 0.5) is 0 Å². The molecule has 6 heteroatoms. The van der Waals surface area contributed by atoms with Gasteiger partial charge in [-0.2, -0.15) is 0 Å². The second-order valence-corrected chi connectivity index (χ2v) is 4.87. The molecule has 0 saturated heterocycles. The van der Waals surface area contributed by atoms with Crippen molar-refractivity contribution in [2.75, 3.05) is 13.7 Å². The Bertz CT molecular complexity index is 650. The highest BCUT2D eigenvalue weighted by molar-refractivity contribution is 5.98. The predicted molar refractivity (Wildman–Crippen MR) is 72.6 cm³/mol. The average molecular weight is 272 g/mol. The second kappa shape index (κ2) is 5.05. The molecule has 20 heavy (non-hydrogen) atoms. The van der Waals surface area contributed by atoms with Crippen molar-refractivity contribution < 1.29 is 9.90 Å². The topological polar surface area (TPSA) is 71.2 Å². The van der Waals surface area contributed by atoms with Crippen LogP contribution in [0.15, 0.2) is 24.3 Å².